The van der Waals surface area contributed by atoms with Gasteiger partial charge in [-0.3, -0.25) is 4.57 Å². The minimum absolute atomic E-state index is 0.636. The van der Waals surface area contributed by atoms with Gasteiger partial charge in [-0.25, -0.2) is 9.97 Å². The number of benzene rings is 8. The van der Waals surface area contributed by atoms with E-state index in [1.54, 1.807) is 0 Å². The van der Waals surface area contributed by atoms with Crippen LogP contribution in [0.4, 0.5) is 0 Å². The minimum atomic E-state index is 0.636. The molecule has 11 aromatic rings. The number of hydrogen-bond donors (Lipinski definition) is 0. The Morgan fingerprint density at radius 2 is 0.889 bits per heavy atom. The molecule has 0 amide bonds. The summed E-state index contributed by atoms with van der Waals surface area (Å²) in [5.74, 6) is 0.636. The highest BCUT2D eigenvalue weighted by molar-refractivity contribution is 6.27. The van der Waals surface area contributed by atoms with Crippen LogP contribution in [0.1, 0.15) is 0 Å². The average Bonchev–Trinajstić information content (AvgIpc) is 3.76. The Morgan fingerprint density at radius 1 is 0.333 bits per heavy atom. The van der Waals surface area contributed by atoms with Crippen molar-refractivity contribution in [2.45, 2.75) is 0 Å². The fourth-order valence-electron chi connectivity index (χ4n) is 8.21. The van der Waals surface area contributed by atoms with Crippen LogP contribution in [0.3, 0.4) is 0 Å². The van der Waals surface area contributed by atoms with Gasteiger partial charge >= 0.3 is 0 Å². The van der Waals surface area contributed by atoms with Crippen LogP contribution in [-0.2, 0) is 0 Å². The van der Waals surface area contributed by atoms with E-state index in [4.69, 9.17) is 9.97 Å². The molecule has 0 aliphatic heterocycles. The Labute approximate surface area is 311 Å². The highest BCUT2D eigenvalue weighted by atomic mass is 15.2. The summed E-state index contributed by atoms with van der Waals surface area (Å²) in [5.41, 5.74) is 11.8. The molecule has 4 nitrogen and oxygen atoms in total. The third kappa shape index (κ3) is 4.78. The van der Waals surface area contributed by atoms with Crippen LogP contribution in [0.2, 0.25) is 0 Å². The fourth-order valence-corrected chi connectivity index (χ4v) is 8.21. The molecule has 0 radical (unpaired) electrons. The second-order valence-corrected chi connectivity index (χ2v) is 13.8. The summed E-state index contributed by atoms with van der Waals surface area (Å²) >= 11 is 0. The lowest BCUT2D eigenvalue weighted by molar-refractivity contribution is 0.996. The molecule has 0 spiro atoms. The van der Waals surface area contributed by atoms with Crippen LogP contribution in [0.5, 0.6) is 0 Å². The summed E-state index contributed by atoms with van der Waals surface area (Å²) in [4.78, 5) is 10.7. The second-order valence-electron chi connectivity index (χ2n) is 13.8. The molecule has 3 heterocycles. The van der Waals surface area contributed by atoms with Gasteiger partial charge in [0.05, 0.1) is 33.5 Å². The van der Waals surface area contributed by atoms with Crippen molar-refractivity contribution in [3.63, 3.8) is 0 Å². The molecule has 0 N–H and O–H groups in total. The zero-order chi connectivity index (χ0) is 35.6. The molecule has 4 heteroatoms. The zero-order valence-electron chi connectivity index (χ0n) is 29.3. The molecule has 0 aliphatic carbocycles. The standard InChI is InChI=1S/C50H32N4/c1-4-14-33(15-5-1)34-24-26-36(27-25-34)44-32-43(35-16-6-2-7-17-35)51-50(52-44)54-45-23-13-12-22-41(45)48-46(54)29-28-40-42-30-37-18-10-11-19-38(37)31-47(42)53(49(40)48)39-20-8-3-9-21-39/h1-32H. The van der Waals surface area contributed by atoms with Crippen LogP contribution >= 0.6 is 0 Å². The van der Waals surface area contributed by atoms with Gasteiger partial charge in [-0.2, -0.15) is 0 Å². The van der Waals surface area contributed by atoms with Crippen molar-refractivity contribution < 1.29 is 0 Å². The third-order valence-electron chi connectivity index (χ3n) is 10.7. The predicted octanol–water partition coefficient (Wildman–Crippen LogP) is 12.8. The lowest BCUT2D eigenvalue weighted by Crippen LogP contribution is -2.04. The third-order valence-corrected chi connectivity index (χ3v) is 10.7. The van der Waals surface area contributed by atoms with Gasteiger partial charge in [0.1, 0.15) is 0 Å². The first-order chi connectivity index (χ1) is 26.8. The SMILES string of the molecule is c1ccc(-c2ccc(-c3cc(-c4ccccc4)nc(-n4c5ccccc5c5c4ccc4c6cc7ccccc7cc6n(-c6ccccc6)c45)n3)cc2)cc1. The largest absolute Gasteiger partial charge is 0.309 e. The Hall–Kier alpha value is -7.30. The summed E-state index contributed by atoms with van der Waals surface area (Å²) in [6.07, 6.45) is 0. The van der Waals surface area contributed by atoms with E-state index in [0.717, 1.165) is 44.6 Å². The van der Waals surface area contributed by atoms with E-state index in [1.807, 2.05) is 12.1 Å². The van der Waals surface area contributed by atoms with Crippen LogP contribution < -0.4 is 0 Å². The van der Waals surface area contributed by atoms with Gasteiger partial charge < -0.3 is 4.57 Å². The van der Waals surface area contributed by atoms with Crippen molar-refractivity contribution in [3.05, 3.63) is 194 Å². The molecule has 54 heavy (non-hydrogen) atoms. The highest BCUT2D eigenvalue weighted by Gasteiger charge is 2.23. The topological polar surface area (TPSA) is 35.6 Å². The number of aromatic nitrogens is 4. The van der Waals surface area contributed by atoms with E-state index >= 15 is 0 Å². The maximum Gasteiger partial charge on any atom is 0.235 e. The smallest absolute Gasteiger partial charge is 0.235 e. The molecule has 0 aliphatic rings. The molecule has 11 rings (SSSR count). The molecule has 0 bridgehead atoms. The quantitative estimate of drug-likeness (QED) is 0.180. The van der Waals surface area contributed by atoms with Gasteiger partial charge in [0.15, 0.2) is 0 Å². The number of hydrogen-bond acceptors (Lipinski definition) is 2. The van der Waals surface area contributed by atoms with Gasteiger partial charge in [-0.15, -0.1) is 0 Å². The van der Waals surface area contributed by atoms with E-state index in [9.17, 15) is 0 Å². The van der Waals surface area contributed by atoms with E-state index in [2.05, 4.69) is 191 Å². The summed E-state index contributed by atoms with van der Waals surface area (Å²) < 4.78 is 4.69. The van der Waals surface area contributed by atoms with Crippen molar-refractivity contribution >= 4 is 54.4 Å². The molecule has 252 valence electrons. The van der Waals surface area contributed by atoms with Crippen molar-refractivity contribution in [2.75, 3.05) is 0 Å². The molecule has 3 aromatic heterocycles. The molecule has 0 saturated heterocycles. The normalized spacial score (nSPS) is 11.7. The first-order valence-corrected chi connectivity index (χ1v) is 18.3. The summed E-state index contributed by atoms with van der Waals surface area (Å²) in [5, 5.41) is 7.23. The Kier molecular flexibility index (Phi) is 6.82. The fraction of sp³-hybridized carbons (Fsp3) is 0. The van der Waals surface area contributed by atoms with Crippen LogP contribution in [0.15, 0.2) is 194 Å². The van der Waals surface area contributed by atoms with Crippen LogP contribution in [0.25, 0.3) is 99.7 Å². The highest BCUT2D eigenvalue weighted by Crippen LogP contribution is 2.43. The first kappa shape index (κ1) is 30.3. The summed E-state index contributed by atoms with van der Waals surface area (Å²) in [6, 6.07) is 69.0. The predicted molar refractivity (Wildman–Crippen MR) is 225 cm³/mol. The number of para-hydroxylation sites is 2. The maximum absolute atomic E-state index is 5.36. The monoisotopic (exact) mass is 688 g/mol. The van der Waals surface area contributed by atoms with E-state index < -0.39 is 0 Å². The maximum atomic E-state index is 5.36. The number of fused-ring (bicyclic) bond motifs is 8. The zero-order valence-corrected chi connectivity index (χ0v) is 29.3. The Bertz CT molecular complexity index is 3180. The van der Waals surface area contributed by atoms with Gasteiger partial charge in [0, 0.05) is 38.4 Å². The van der Waals surface area contributed by atoms with Crippen LogP contribution in [0, 0.1) is 0 Å². The molecule has 0 atom stereocenters. The van der Waals surface area contributed by atoms with E-state index in [-0.39, 0.29) is 0 Å². The van der Waals surface area contributed by atoms with Gasteiger partial charge in [-0.05, 0) is 64.4 Å². The average molecular weight is 689 g/mol. The van der Waals surface area contributed by atoms with E-state index in [1.165, 1.54) is 49.1 Å². The molecule has 0 saturated carbocycles. The summed E-state index contributed by atoms with van der Waals surface area (Å²) in [7, 11) is 0. The molecule has 0 unspecified atom stereocenters. The molecular formula is C50H32N4. The number of rotatable bonds is 5. The Balaban J connectivity index is 1.22. The molecule has 0 fully saturated rings. The Morgan fingerprint density at radius 3 is 1.61 bits per heavy atom. The van der Waals surface area contributed by atoms with Crippen molar-refractivity contribution in [3.8, 4) is 45.3 Å². The second kappa shape index (κ2) is 12.1. The molecule has 8 aromatic carbocycles. The van der Waals surface area contributed by atoms with E-state index in [0.29, 0.717) is 5.95 Å². The van der Waals surface area contributed by atoms with Crippen molar-refractivity contribution in [1.82, 2.24) is 19.1 Å². The van der Waals surface area contributed by atoms with Crippen molar-refractivity contribution in [2.24, 2.45) is 0 Å². The van der Waals surface area contributed by atoms with Crippen LogP contribution in [-0.4, -0.2) is 19.1 Å². The lowest BCUT2D eigenvalue weighted by atomic mass is 10.0. The van der Waals surface area contributed by atoms with Gasteiger partial charge in [0.2, 0.25) is 5.95 Å². The molecular weight excluding hydrogens is 657 g/mol. The van der Waals surface area contributed by atoms with Gasteiger partial charge in [-0.1, -0.05) is 152 Å². The van der Waals surface area contributed by atoms with Gasteiger partial charge in [0.25, 0.3) is 0 Å². The number of nitrogens with zero attached hydrogens (tertiary/aromatic N) is 4. The van der Waals surface area contributed by atoms with Crippen molar-refractivity contribution in [1.29, 1.82) is 0 Å². The summed E-state index contributed by atoms with van der Waals surface area (Å²) in [6.45, 7) is 0. The first-order valence-electron chi connectivity index (χ1n) is 18.3. The minimum Gasteiger partial charge on any atom is -0.309 e. The lowest BCUT2D eigenvalue weighted by Gasteiger charge is -2.12.